The van der Waals surface area contributed by atoms with E-state index in [1.807, 2.05) is 11.7 Å². The molecule has 1 aromatic heterocycles. The van der Waals surface area contributed by atoms with E-state index >= 15 is 0 Å². The summed E-state index contributed by atoms with van der Waals surface area (Å²) in [5.41, 5.74) is 4.01. The van der Waals surface area contributed by atoms with Crippen LogP contribution in [0.1, 0.15) is 18.4 Å². The molecule has 2 saturated heterocycles. The summed E-state index contributed by atoms with van der Waals surface area (Å²) in [5.74, 6) is 0. The van der Waals surface area contributed by atoms with E-state index in [1.54, 1.807) is 0 Å². The first-order valence-corrected chi connectivity index (χ1v) is 7.46. The summed E-state index contributed by atoms with van der Waals surface area (Å²) in [5, 5.41) is 11.8. The SMILES string of the molecule is Cl.Cn1nnc2cc(CN3CCC4(CCNC4)C3)ccc21. The van der Waals surface area contributed by atoms with Crippen LogP contribution in [-0.2, 0) is 13.6 Å². The molecular weight excluding hydrogens is 286 g/mol. The van der Waals surface area contributed by atoms with E-state index < -0.39 is 0 Å². The molecule has 3 heterocycles. The van der Waals surface area contributed by atoms with Gasteiger partial charge in [-0.05, 0) is 49.0 Å². The van der Waals surface area contributed by atoms with Crippen LogP contribution >= 0.6 is 12.4 Å². The lowest BCUT2D eigenvalue weighted by Gasteiger charge is -2.22. The van der Waals surface area contributed by atoms with Gasteiger partial charge in [0.15, 0.2) is 0 Å². The summed E-state index contributed by atoms with van der Waals surface area (Å²) < 4.78 is 1.83. The van der Waals surface area contributed by atoms with Gasteiger partial charge in [-0.3, -0.25) is 4.90 Å². The molecule has 4 rings (SSSR count). The Balaban J connectivity index is 0.00000132. The Hall–Kier alpha value is -1.17. The Kier molecular flexibility index (Phi) is 3.90. The Morgan fingerprint density at radius 1 is 1.33 bits per heavy atom. The van der Waals surface area contributed by atoms with Crippen LogP contribution in [0.4, 0.5) is 0 Å². The number of benzene rings is 1. The average Bonchev–Trinajstić information content (AvgIpc) is 3.15. The van der Waals surface area contributed by atoms with Gasteiger partial charge in [0, 0.05) is 26.7 Å². The number of nitrogens with zero attached hydrogens (tertiary/aromatic N) is 4. The summed E-state index contributed by atoms with van der Waals surface area (Å²) in [6, 6.07) is 6.53. The molecule has 1 aromatic carbocycles. The molecule has 114 valence electrons. The number of aromatic nitrogens is 3. The van der Waals surface area contributed by atoms with Crippen molar-refractivity contribution in [2.75, 3.05) is 26.2 Å². The topological polar surface area (TPSA) is 46.0 Å². The fourth-order valence-electron chi connectivity index (χ4n) is 3.75. The molecule has 0 aliphatic carbocycles. The minimum atomic E-state index is 0. The van der Waals surface area contributed by atoms with Gasteiger partial charge in [-0.15, -0.1) is 17.5 Å². The lowest BCUT2D eigenvalue weighted by atomic mass is 9.86. The number of hydrogen-bond acceptors (Lipinski definition) is 4. The van der Waals surface area contributed by atoms with Crippen molar-refractivity contribution in [3.8, 4) is 0 Å². The summed E-state index contributed by atoms with van der Waals surface area (Å²) in [6.07, 6.45) is 2.68. The fraction of sp³-hybridized carbons (Fsp3) is 0.600. The molecule has 2 aliphatic heterocycles. The maximum absolute atomic E-state index is 4.21. The van der Waals surface area contributed by atoms with Crippen molar-refractivity contribution in [2.45, 2.75) is 19.4 Å². The predicted octanol–water partition coefficient (Wildman–Crippen LogP) is 1.58. The molecule has 1 N–H and O–H groups in total. The lowest BCUT2D eigenvalue weighted by molar-refractivity contribution is 0.269. The zero-order valence-electron chi connectivity index (χ0n) is 12.4. The van der Waals surface area contributed by atoms with Gasteiger partial charge >= 0.3 is 0 Å². The highest BCUT2D eigenvalue weighted by Gasteiger charge is 2.39. The molecule has 1 atom stereocenters. The molecule has 2 aliphatic rings. The highest BCUT2D eigenvalue weighted by atomic mass is 35.5. The van der Waals surface area contributed by atoms with E-state index in [-0.39, 0.29) is 12.4 Å². The zero-order chi connectivity index (χ0) is 13.6. The van der Waals surface area contributed by atoms with E-state index in [4.69, 9.17) is 0 Å². The second-order valence-corrected chi connectivity index (χ2v) is 6.42. The first kappa shape index (κ1) is 14.8. The van der Waals surface area contributed by atoms with Crippen molar-refractivity contribution in [3.05, 3.63) is 23.8 Å². The molecule has 21 heavy (non-hydrogen) atoms. The van der Waals surface area contributed by atoms with Crippen LogP contribution in [0.25, 0.3) is 11.0 Å². The number of nitrogens with one attached hydrogen (secondary N) is 1. The van der Waals surface area contributed by atoms with Gasteiger partial charge in [-0.1, -0.05) is 11.3 Å². The van der Waals surface area contributed by atoms with E-state index in [1.165, 1.54) is 44.6 Å². The summed E-state index contributed by atoms with van der Waals surface area (Å²) in [6.45, 7) is 5.89. The Morgan fingerprint density at radius 3 is 3.05 bits per heavy atom. The number of aryl methyl sites for hydroxylation is 1. The minimum Gasteiger partial charge on any atom is -0.316 e. The predicted molar refractivity (Wildman–Crippen MR) is 85.6 cm³/mol. The largest absolute Gasteiger partial charge is 0.316 e. The number of hydrogen-bond donors (Lipinski definition) is 1. The van der Waals surface area contributed by atoms with Crippen LogP contribution in [0.5, 0.6) is 0 Å². The normalized spacial score (nSPS) is 25.8. The van der Waals surface area contributed by atoms with Crippen LogP contribution in [0.15, 0.2) is 18.2 Å². The molecule has 2 fully saturated rings. The number of rotatable bonds is 2. The Bertz CT molecular complexity index is 632. The highest BCUT2D eigenvalue weighted by Crippen LogP contribution is 2.36. The molecule has 0 radical (unpaired) electrons. The maximum Gasteiger partial charge on any atom is 0.113 e. The smallest absolute Gasteiger partial charge is 0.113 e. The van der Waals surface area contributed by atoms with E-state index in [2.05, 4.69) is 38.7 Å². The summed E-state index contributed by atoms with van der Waals surface area (Å²) in [7, 11) is 1.94. The number of fused-ring (bicyclic) bond motifs is 1. The van der Waals surface area contributed by atoms with Crippen LogP contribution < -0.4 is 5.32 Å². The standard InChI is InChI=1S/C15H21N5.ClH/c1-19-14-3-2-12(8-13(14)17-18-19)9-20-7-5-15(11-20)4-6-16-10-15;/h2-3,8,16H,4-7,9-11H2,1H3;1H. The van der Waals surface area contributed by atoms with E-state index in [9.17, 15) is 0 Å². The molecule has 1 unspecified atom stereocenters. The van der Waals surface area contributed by atoms with Crippen molar-refractivity contribution < 1.29 is 0 Å². The van der Waals surface area contributed by atoms with Crippen molar-refractivity contribution in [2.24, 2.45) is 12.5 Å². The molecule has 5 nitrogen and oxygen atoms in total. The number of likely N-dealkylation sites (tertiary alicyclic amines) is 1. The van der Waals surface area contributed by atoms with Crippen molar-refractivity contribution >= 4 is 23.4 Å². The second kappa shape index (κ2) is 5.55. The van der Waals surface area contributed by atoms with Crippen LogP contribution in [0, 0.1) is 5.41 Å². The molecule has 0 saturated carbocycles. The monoisotopic (exact) mass is 307 g/mol. The van der Waals surface area contributed by atoms with Gasteiger partial charge in [0.25, 0.3) is 0 Å². The van der Waals surface area contributed by atoms with Gasteiger partial charge in [0.05, 0.1) is 5.52 Å². The second-order valence-electron chi connectivity index (χ2n) is 6.42. The van der Waals surface area contributed by atoms with Crippen LogP contribution in [0.3, 0.4) is 0 Å². The van der Waals surface area contributed by atoms with E-state index in [0.717, 1.165) is 17.6 Å². The van der Waals surface area contributed by atoms with Crippen molar-refractivity contribution in [1.82, 2.24) is 25.2 Å². The van der Waals surface area contributed by atoms with Crippen LogP contribution in [-0.4, -0.2) is 46.1 Å². The molecule has 0 amide bonds. The summed E-state index contributed by atoms with van der Waals surface area (Å²) >= 11 is 0. The molecule has 2 aromatic rings. The van der Waals surface area contributed by atoms with E-state index in [0.29, 0.717) is 5.41 Å². The first-order chi connectivity index (χ1) is 9.74. The molecule has 1 spiro atoms. The van der Waals surface area contributed by atoms with Crippen LogP contribution in [0.2, 0.25) is 0 Å². The Labute approximate surface area is 131 Å². The third-order valence-electron chi connectivity index (χ3n) is 4.93. The third kappa shape index (κ3) is 2.65. The number of halogens is 1. The Morgan fingerprint density at radius 2 is 2.24 bits per heavy atom. The fourth-order valence-corrected chi connectivity index (χ4v) is 3.75. The molecular formula is C15H22ClN5. The molecule has 0 bridgehead atoms. The van der Waals surface area contributed by atoms with Gasteiger partial charge < -0.3 is 5.32 Å². The maximum atomic E-state index is 4.21. The van der Waals surface area contributed by atoms with Crippen molar-refractivity contribution in [1.29, 1.82) is 0 Å². The van der Waals surface area contributed by atoms with Gasteiger partial charge in [0.1, 0.15) is 5.52 Å². The quantitative estimate of drug-likeness (QED) is 0.915. The average molecular weight is 308 g/mol. The minimum absolute atomic E-state index is 0. The van der Waals surface area contributed by atoms with Gasteiger partial charge in [0.2, 0.25) is 0 Å². The molecule has 6 heteroatoms. The lowest BCUT2D eigenvalue weighted by Crippen LogP contribution is -2.28. The summed E-state index contributed by atoms with van der Waals surface area (Å²) in [4.78, 5) is 2.59. The van der Waals surface area contributed by atoms with Gasteiger partial charge in [-0.2, -0.15) is 0 Å². The van der Waals surface area contributed by atoms with Gasteiger partial charge in [-0.25, -0.2) is 4.68 Å². The third-order valence-corrected chi connectivity index (χ3v) is 4.93. The first-order valence-electron chi connectivity index (χ1n) is 7.46. The van der Waals surface area contributed by atoms with Crippen molar-refractivity contribution in [3.63, 3.8) is 0 Å². The zero-order valence-corrected chi connectivity index (χ0v) is 13.2. The highest BCUT2D eigenvalue weighted by molar-refractivity contribution is 5.85.